The van der Waals surface area contributed by atoms with Gasteiger partial charge >= 0.3 is 0 Å². The molecule has 3 aromatic rings. The van der Waals surface area contributed by atoms with Crippen LogP contribution in [-0.2, 0) is 16.2 Å². The number of piperidine rings is 1. The van der Waals surface area contributed by atoms with Crippen molar-refractivity contribution < 1.29 is 14.3 Å². The van der Waals surface area contributed by atoms with Gasteiger partial charge in [0.15, 0.2) is 0 Å². The van der Waals surface area contributed by atoms with Crippen LogP contribution in [0.1, 0.15) is 37.5 Å². The van der Waals surface area contributed by atoms with E-state index in [1.807, 2.05) is 53.4 Å². The van der Waals surface area contributed by atoms with Crippen LogP contribution in [0.15, 0.2) is 54.6 Å². The van der Waals surface area contributed by atoms with Gasteiger partial charge in [0.1, 0.15) is 18.2 Å². The molecule has 2 heterocycles. The normalized spacial score (nSPS) is 14.5. The van der Waals surface area contributed by atoms with Crippen LogP contribution in [0.25, 0.3) is 11.0 Å². The van der Waals surface area contributed by atoms with Crippen LogP contribution in [0.5, 0.6) is 5.75 Å². The summed E-state index contributed by atoms with van der Waals surface area (Å²) in [4.78, 5) is 32.6. The number of para-hydroxylation sites is 3. The molecular formula is C25H30N4O3. The highest BCUT2D eigenvalue weighted by Gasteiger charge is 2.27. The third kappa shape index (κ3) is 4.93. The van der Waals surface area contributed by atoms with Crippen LogP contribution < -0.4 is 4.74 Å². The molecule has 0 aliphatic carbocycles. The molecule has 7 nitrogen and oxygen atoms in total. The Kier molecular flexibility index (Phi) is 6.73. The van der Waals surface area contributed by atoms with E-state index in [1.54, 1.807) is 14.1 Å². The van der Waals surface area contributed by atoms with E-state index in [-0.39, 0.29) is 30.7 Å². The van der Waals surface area contributed by atoms with Gasteiger partial charge in [0.25, 0.3) is 0 Å². The first-order valence-corrected chi connectivity index (χ1v) is 11.1. The maximum atomic E-state index is 12.6. The minimum atomic E-state index is -0.0128. The van der Waals surface area contributed by atoms with Gasteiger partial charge in [-0.25, -0.2) is 4.98 Å². The number of imidazole rings is 1. The van der Waals surface area contributed by atoms with Crippen LogP contribution >= 0.6 is 0 Å². The lowest BCUT2D eigenvalue weighted by molar-refractivity contribution is -0.136. The molecule has 1 aliphatic rings. The topological polar surface area (TPSA) is 67.7 Å². The zero-order valence-corrected chi connectivity index (χ0v) is 18.7. The minimum Gasteiger partial charge on any atom is -0.486 e. The molecule has 0 saturated carbocycles. The molecule has 0 N–H and O–H groups in total. The van der Waals surface area contributed by atoms with E-state index >= 15 is 0 Å². The minimum absolute atomic E-state index is 0.0128. The molecule has 32 heavy (non-hydrogen) atoms. The van der Waals surface area contributed by atoms with Crippen molar-refractivity contribution in [1.29, 1.82) is 0 Å². The first kappa shape index (κ1) is 21.9. The van der Waals surface area contributed by atoms with Crippen LogP contribution in [0.2, 0.25) is 0 Å². The van der Waals surface area contributed by atoms with Crippen molar-refractivity contribution in [3.8, 4) is 5.75 Å². The monoisotopic (exact) mass is 434 g/mol. The van der Waals surface area contributed by atoms with Crippen LogP contribution in [0.4, 0.5) is 0 Å². The Hall–Kier alpha value is -3.35. The van der Waals surface area contributed by atoms with Gasteiger partial charge < -0.3 is 19.1 Å². The molecule has 0 unspecified atom stereocenters. The summed E-state index contributed by atoms with van der Waals surface area (Å²) in [6.45, 7) is 1.76. The molecule has 7 heteroatoms. The van der Waals surface area contributed by atoms with Crippen molar-refractivity contribution in [2.45, 2.75) is 38.3 Å². The van der Waals surface area contributed by atoms with Gasteiger partial charge in [-0.15, -0.1) is 0 Å². The van der Waals surface area contributed by atoms with Crippen molar-refractivity contribution in [1.82, 2.24) is 19.4 Å². The van der Waals surface area contributed by atoms with Crippen molar-refractivity contribution in [2.75, 3.05) is 27.2 Å². The second kappa shape index (κ2) is 9.85. The zero-order chi connectivity index (χ0) is 22.5. The maximum absolute atomic E-state index is 12.6. The Morgan fingerprint density at radius 1 is 1.00 bits per heavy atom. The smallest absolute Gasteiger partial charge is 0.223 e. The van der Waals surface area contributed by atoms with Crippen molar-refractivity contribution in [3.63, 3.8) is 0 Å². The molecule has 2 amide bonds. The summed E-state index contributed by atoms with van der Waals surface area (Å²) in [6.07, 6.45) is 2.24. The Balaban J connectivity index is 1.44. The molecule has 0 atom stereocenters. The lowest BCUT2D eigenvalue weighted by Crippen LogP contribution is -2.39. The summed E-state index contributed by atoms with van der Waals surface area (Å²) < 4.78 is 8.29. The molecule has 0 bridgehead atoms. The van der Waals surface area contributed by atoms with Gasteiger partial charge in [0, 0.05) is 46.1 Å². The van der Waals surface area contributed by atoms with Crippen molar-refractivity contribution in [2.24, 2.45) is 0 Å². The standard InChI is InChI=1S/C25H30N4O3/c1-27(2)24(30)12-13-25(31)28-16-14-19(15-17-28)29-22-11-7-6-10-21(22)26-23(29)18-32-20-8-4-3-5-9-20/h3-11,19H,12-18H2,1-2H3. The van der Waals surface area contributed by atoms with Crippen molar-refractivity contribution >= 4 is 22.8 Å². The highest BCUT2D eigenvalue weighted by Crippen LogP contribution is 2.30. The molecule has 2 aromatic carbocycles. The number of rotatable bonds is 7. The molecule has 1 aliphatic heterocycles. The highest BCUT2D eigenvalue weighted by molar-refractivity contribution is 5.83. The molecule has 0 radical (unpaired) electrons. The first-order chi connectivity index (χ1) is 15.5. The Bertz CT molecular complexity index is 1070. The number of fused-ring (bicyclic) bond motifs is 1. The summed E-state index contributed by atoms with van der Waals surface area (Å²) in [5.41, 5.74) is 2.06. The summed E-state index contributed by atoms with van der Waals surface area (Å²) in [5.74, 6) is 1.76. The lowest BCUT2D eigenvalue weighted by atomic mass is 10.0. The van der Waals surface area contributed by atoms with Crippen molar-refractivity contribution in [3.05, 3.63) is 60.4 Å². The third-order valence-electron chi connectivity index (χ3n) is 6.01. The fraction of sp³-hybridized carbons (Fsp3) is 0.400. The van der Waals surface area contributed by atoms with Gasteiger partial charge in [-0.3, -0.25) is 9.59 Å². The molecule has 168 valence electrons. The molecule has 0 spiro atoms. The summed E-state index contributed by atoms with van der Waals surface area (Å²) in [5, 5.41) is 0. The molecule has 4 rings (SSSR count). The maximum Gasteiger partial charge on any atom is 0.223 e. The average Bonchev–Trinajstić information content (AvgIpc) is 3.20. The number of ether oxygens (including phenoxy) is 1. The van der Waals surface area contributed by atoms with Crippen LogP contribution in [0.3, 0.4) is 0 Å². The number of amides is 2. The van der Waals surface area contributed by atoms with Gasteiger partial charge in [-0.2, -0.15) is 0 Å². The first-order valence-electron chi connectivity index (χ1n) is 11.1. The molecule has 1 fully saturated rings. The average molecular weight is 435 g/mol. The number of carbonyl (C=O) groups is 2. The van der Waals surface area contributed by atoms with E-state index < -0.39 is 0 Å². The predicted molar refractivity (Wildman–Crippen MR) is 123 cm³/mol. The third-order valence-corrected chi connectivity index (χ3v) is 6.01. The summed E-state index contributed by atoms with van der Waals surface area (Å²) >= 11 is 0. The number of carbonyl (C=O) groups excluding carboxylic acids is 2. The van der Waals surface area contributed by atoms with Crippen LogP contribution in [-0.4, -0.2) is 58.4 Å². The number of hydrogen-bond acceptors (Lipinski definition) is 4. The SMILES string of the molecule is CN(C)C(=O)CCC(=O)N1CCC(n2c(COc3ccccc3)nc3ccccc32)CC1. The molecule has 1 aromatic heterocycles. The largest absolute Gasteiger partial charge is 0.486 e. The second-order valence-corrected chi connectivity index (χ2v) is 8.39. The Morgan fingerprint density at radius 2 is 1.69 bits per heavy atom. The predicted octanol–water partition coefficient (Wildman–Crippen LogP) is 3.65. The summed E-state index contributed by atoms with van der Waals surface area (Å²) in [6, 6.07) is 18.2. The Morgan fingerprint density at radius 3 is 2.41 bits per heavy atom. The molecule has 1 saturated heterocycles. The fourth-order valence-electron chi connectivity index (χ4n) is 4.24. The van der Waals surface area contributed by atoms with E-state index in [0.717, 1.165) is 35.4 Å². The van der Waals surface area contributed by atoms with Crippen LogP contribution in [0, 0.1) is 0 Å². The van der Waals surface area contributed by atoms with Gasteiger partial charge in [-0.05, 0) is 37.1 Å². The summed E-state index contributed by atoms with van der Waals surface area (Å²) in [7, 11) is 3.43. The number of hydrogen-bond donors (Lipinski definition) is 0. The van der Waals surface area contributed by atoms with E-state index in [1.165, 1.54) is 4.90 Å². The quantitative estimate of drug-likeness (QED) is 0.569. The van der Waals surface area contributed by atoms with Gasteiger partial charge in [0.2, 0.25) is 11.8 Å². The van der Waals surface area contributed by atoms with Gasteiger partial charge in [0.05, 0.1) is 11.0 Å². The zero-order valence-electron chi connectivity index (χ0n) is 18.7. The molecular weight excluding hydrogens is 404 g/mol. The number of aromatic nitrogens is 2. The van der Waals surface area contributed by atoms with Gasteiger partial charge in [-0.1, -0.05) is 30.3 Å². The number of benzene rings is 2. The second-order valence-electron chi connectivity index (χ2n) is 8.39. The highest BCUT2D eigenvalue weighted by atomic mass is 16.5. The number of likely N-dealkylation sites (tertiary alicyclic amines) is 1. The van der Waals surface area contributed by atoms with E-state index in [9.17, 15) is 9.59 Å². The van der Waals surface area contributed by atoms with E-state index in [2.05, 4.69) is 10.6 Å². The Labute approximate surface area is 188 Å². The van der Waals surface area contributed by atoms with E-state index in [0.29, 0.717) is 19.7 Å². The number of nitrogens with zero attached hydrogens (tertiary/aromatic N) is 4. The van der Waals surface area contributed by atoms with E-state index in [4.69, 9.17) is 9.72 Å². The lowest BCUT2D eigenvalue weighted by Gasteiger charge is -2.33. The fourth-order valence-corrected chi connectivity index (χ4v) is 4.24.